The van der Waals surface area contributed by atoms with Crippen LogP contribution >= 0.6 is 0 Å². The molecule has 0 fully saturated rings. The van der Waals surface area contributed by atoms with E-state index in [4.69, 9.17) is 0 Å². The standard InChI is InChI=1S/C10H14O2/c1-4-9(11)6-5-7-10(12)8(2)3/h4H,1-2,5-7H2,3H3. The van der Waals surface area contributed by atoms with Gasteiger partial charge in [0.1, 0.15) is 0 Å². The van der Waals surface area contributed by atoms with Gasteiger partial charge >= 0.3 is 0 Å². The predicted molar refractivity (Wildman–Crippen MR) is 48.9 cm³/mol. The van der Waals surface area contributed by atoms with Gasteiger partial charge in [-0.2, -0.15) is 0 Å². The van der Waals surface area contributed by atoms with Crippen LogP contribution in [0, 0.1) is 0 Å². The molecule has 0 bridgehead atoms. The Morgan fingerprint density at radius 1 is 1.33 bits per heavy atom. The highest BCUT2D eigenvalue weighted by atomic mass is 16.1. The first-order valence-electron chi connectivity index (χ1n) is 3.92. The quantitative estimate of drug-likeness (QED) is 0.566. The topological polar surface area (TPSA) is 34.1 Å². The fourth-order valence-electron chi connectivity index (χ4n) is 0.739. The fourth-order valence-corrected chi connectivity index (χ4v) is 0.739. The van der Waals surface area contributed by atoms with Crippen molar-refractivity contribution >= 4 is 11.6 Å². The van der Waals surface area contributed by atoms with E-state index < -0.39 is 0 Å². The second-order valence-electron chi connectivity index (χ2n) is 2.73. The minimum absolute atomic E-state index is 0.00971. The van der Waals surface area contributed by atoms with Gasteiger partial charge in [-0.3, -0.25) is 9.59 Å². The molecule has 0 heterocycles. The molecule has 0 rings (SSSR count). The van der Waals surface area contributed by atoms with Gasteiger partial charge in [0.15, 0.2) is 11.6 Å². The third-order valence-corrected chi connectivity index (χ3v) is 1.53. The van der Waals surface area contributed by atoms with Crippen molar-refractivity contribution in [2.75, 3.05) is 0 Å². The summed E-state index contributed by atoms with van der Waals surface area (Å²) in [5.41, 5.74) is 0.557. The van der Waals surface area contributed by atoms with E-state index in [9.17, 15) is 9.59 Å². The Morgan fingerprint density at radius 2 is 1.92 bits per heavy atom. The lowest BCUT2D eigenvalue weighted by atomic mass is 10.1. The molecule has 0 atom stereocenters. The van der Waals surface area contributed by atoms with Gasteiger partial charge in [-0.05, 0) is 25.0 Å². The van der Waals surface area contributed by atoms with Crippen LogP contribution in [0.2, 0.25) is 0 Å². The molecule has 0 aromatic rings. The Labute approximate surface area is 73.0 Å². The molecule has 0 saturated carbocycles. The zero-order valence-corrected chi connectivity index (χ0v) is 7.43. The molecule has 2 heteroatoms. The van der Waals surface area contributed by atoms with Crippen molar-refractivity contribution < 1.29 is 9.59 Å². The summed E-state index contributed by atoms with van der Waals surface area (Å²) in [7, 11) is 0. The third-order valence-electron chi connectivity index (χ3n) is 1.53. The number of allylic oxidation sites excluding steroid dienone is 2. The zero-order valence-electron chi connectivity index (χ0n) is 7.43. The van der Waals surface area contributed by atoms with E-state index in [1.54, 1.807) is 6.92 Å². The monoisotopic (exact) mass is 166 g/mol. The summed E-state index contributed by atoms with van der Waals surface area (Å²) < 4.78 is 0. The van der Waals surface area contributed by atoms with Gasteiger partial charge in [-0.25, -0.2) is 0 Å². The molecule has 0 aliphatic carbocycles. The number of hydrogen-bond acceptors (Lipinski definition) is 2. The molecule has 0 amide bonds. The van der Waals surface area contributed by atoms with Gasteiger partial charge in [0.25, 0.3) is 0 Å². The predicted octanol–water partition coefficient (Wildman–Crippen LogP) is 2.06. The van der Waals surface area contributed by atoms with Crippen molar-refractivity contribution in [3.05, 3.63) is 24.8 Å². The van der Waals surface area contributed by atoms with Crippen LogP contribution in [0.5, 0.6) is 0 Å². The number of rotatable bonds is 6. The molecule has 0 aliphatic heterocycles. The first-order chi connectivity index (χ1) is 5.57. The summed E-state index contributed by atoms with van der Waals surface area (Å²) >= 11 is 0. The molecule has 2 nitrogen and oxygen atoms in total. The van der Waals surface area contributed by atoms with Crippen LogP contribution in [0.4, 0.5) is 0 Å². The molecule has 0 N–H and O–H groups in total. The maximum absolute atomic E-state index is 11.0. The van der Waals surface area contributed by atoms with Crippen LogP contribution in [-0.4, -0.2) is 11.6 Å². The van der Waals surface area contributed by atoms with Gasteiger partial charge in [-0.15, -0.1) is 0 Å². The normalized spacial score (nSPS) is 9.08. The zero-order chi connectivity index (χ0) is 9.56. The highest BCUT2D eigenvalue weighted by molar-refractivity contribution is 5.94. The lowest BCUT2D eigenvalue weighted by Crippen LogP contribution is -2.00. The van der Waals surface area contributed by atoms with Crippen molar-refractivity contribution in [2.24, 2.45) is 0 Å². The van der Waals surface area contributed by atoms with E-state index in [1.165, 1.54) is 6.08 Å². The lowest BCUT2D eigenvalue weighted by molar-refractivity contribution is -0.116. The largest absolute Gasteiger partial charge is 0.295 e. The Hall–Kier alpha value is -1.18. The molecule has 0 saturated heterocycles. The van der Waals surface area contributed by atoms with Crippen molar-refractivity contribution in [3.8, 4) is 0 Å². The molecule has 66 valence electrons. The maximum Gasteiger partial charge on any atom is 0.158 e. The molecule has 0 aromatic heterocycles. The summed E-state index contributed by atoms with van der Waals surface area (Å²) in [6, 6.07) is 0. The molecule has 0 spiro atoms. The first kappa shape index (κ1) is 10.8. The summed E-state index contributed by atoms with van der Waals surface area (Å²) in [5, 5.41) is 0. The minimum atomic E-state index is -0.00971. The van der Waals surface area contributed by atoms with Gasteiger partial charge in [-0.1, -0.05) is 13.2 Å². The van der Waals surface area contributed by atoms with Gasteiger partial charge in [0.2, 0.25) is 0 Å². The van der Waals surface area contributed by atoms with Crippen LogP contribution in [0.3, 0.4) is 0 Å². The molecule has 0 unspecified atom stereocenters. The molecule has 0 aliphatic rings. The lowest BCUT2D eigenvalue weighted by Gasteiger charge is -1.96. The van der Waals surface area contributed by atoms with E-state index in [2.05, 4.69) is 13.2 Å². The van der Waals surface area contributed by atoms with Gasteiger partial charge in [0.05, 0.1) is 0 Å². The Balaban J connectivity index is 3.57. The average Bonchev–Trinajstić information content (AvgIpc) is 2.03. The summed E-state index contributed by atoms with van der Waals surface area (Å²) in [4.78, 5) is 21.7. The number of carbonyl (C=O) groups is 2. The number of hydrogen-bond donors (Lipinski definition) is 0. The molecule has 0 aromatic carbocycles. The van der Waals surface area contributed by atoms with Crippen LogP contribution in [0.15, 0.2) is 24.8 Å². The molecule has 12 heavy (non-hydrogen) atoms. The number of ketones is 2. The molecule has 0 radical (unpaired) electrons. The molecular formula is C10H14O2. The number of Topliss-reactive ketones (excluding diaryl/α,β-unsaturated/α-hetero) is 1. The maximum atomic E-state index is 11.0. The van der Waals surface area contributed by atoms with Crippen LogP contribution in [0.1, 0.15) is 26.2 Å². The SMILES string of the molecule is C=CC(=O)CCCC(=O)C(=C)C. The van der Waals surface area contributed by atoms with Gasteiger partial charge < -0.3 is 0 Å². The van der Waals surface area contributed by atoms with Crippen LogP contribution in [0.25, 0.3) is 0 Å². The highest BCUT2D eigenvalue weighted by Crippen LogP contribution is 2.02. The van der Waals surface area contributed by atoms with Crippen molar-refractivity contribution in [1.29, 1.82) is 0 Å². The van der Waals surface area contributed by atoms with Crippen molar-refractivity contribution in [2.45, 2.75) is 26.2 Å². The summed E-state index contributed by atoms with van der Waals surface area (Å²) in [6.45, 7) is 8.54. The second kappa shape index (κ2) is 5.47. The second-order valence-corrected chi connectivity index (χ2v) is 2.73. The summed E-state index contributed by atoms with van der Waals surface area (Å²) in [6.07, 6.45) is 2.69. The van der Waals surface area contributed by atoms with Crippen LogP contribution in [-0.2, 0) is 9.59 Å². The Bertz CT molecular complexity index is 214. The van der Waals surface area contributed by atoms with E-state index in [0.717, 1.165) is 0 Å². The third kappa shape index (κ3) is 4.61. The molecular weight excluding hydrogens is 152 g/mol. The fraction of sp³-hybridized carbons (Fsp3) is 0.400. The summed E-state index contributed by atoms with van der Waals surface area (Å²) in [5.74, 6) is 0.0244. The minimum Gasteiger partial charge on any atom is -0.295 e. The van der Waals surface area contributed by atoms with Crippen LogP contribution < -0.4 is 0 Å². The number of carbonyl (C=O) groups excluding carboxylic acids is 2. The Morgan fingerprint density at radius 3 is 2.33 bits per heavy atom. The van der Waals surface area contributed by atoms with E-state index in [1.807, 2.05) is 0 Å². The Kier molecular flexibility index (Phi) is 4.93. The van der Waals surface area contributed by atoms with Gasteiger partial charge in [0, 0.05) is 12.8 Å². The first-order valence-corrected chi connectivity index (χ1v) is 3.92. The van der Waals surface area contributed by atoms with Crippen molar-refractivity contribution in [3.63, 3.8) is 0 Å². The van der Waals surface area contributed by atoms with Crippen molar-refractivity contribution in [1.82, 2.24) is 0 Å². The average molecular weight is 166 g/mol. The smallest absolute Gasteiger partial charge is 0.158 e. The van der Waals surface area contributed by atoms with E-state index in [0.29, 0.717) is 24.8 Å². The van der Waals surface area contributed by atoms with E-state index >= 15 is 0 Å². The van der Waals surface area contributed by atoms with E-state index in [-0.39, 0.29) is 11.6 Å². The highest BCUT2D eigenvalue weighted by Gasteiger charge is 2.02.